The van der Waals surface area contributed by atoms with Crippen LogP contribution in [0, 0.1) is 11.7 Å². The normalized spacial score (nSPS) is 19.4. The lowest BCUT2D eigenvalue weighted by atomic mass is 9.77. The van der Waals surface area contributed by atoms with E-state index in [1.165, 1.54) is 28.9 Å². The SMILES string of the molecule is Fc1cccc(COc2ccc3ccccc3c2C=Nc2ccc([C@@H]3Nc4ccccc4[C@H]4C=CC[C@H]43)cc2)c1. The van der Waals surface area contributed by atoms with Crippen LogP contribution in [-0.4, -0.2) is 6.21 Å². The van der Waals surface area contributed by atoms with Crippen LogP contribution in [0.2, 0.25) is 0 Å². The van der Waals surface area contributed by atoms with Gasteiger partial charge in [0, 0.05) is 23.4 Å². The number of rotatable bonds is 6. The van der Waals surface area contributed by atoms with Gasteiger partial charge in [0.05, 0.1) is 11.7 Å². The molecule has 0 saturated heterocycles. The first-order chi connectivity index (χ1) is 19.7. The van der Waals surface area contributed by atoms with Gasteiger partial charge in [0.1, 0.15) is 18.2 Å². The summed E-state index contributed by atoms with van der Waals surface area (Å²) in [5.41, 5.74) is 6.46. The highest BCUT2D eigenvalue weighted by Crippen LogP contribution is 2.49. The fourth-order valence-corrected chi connectivity index (χ4v) is 6.10. The van der Waals surface area contributed by atoms with E-state index < -0.39 is 0 Å². The van der Waals surface area contributed by atoms with Crippen molar-refractivity contribution in [1.82, 2.24) is 0 Å². The Balaban J connectivity index is 1.15. The average molecular weight is 525 g/mol. The number of nitrogens with zero attached hydrogens (tertiary/aromatic N) is 1. The van der Waals surface area contributed by atoms with Crippen LogP contribution in [0.1, 0.15) is 40.6 Å². The molecule has 0 bridgehead atoms. The van der Waals surface area contributed by atoms with Gasteiger partial charge in [-0.3, -0.25) is 4.99 Å². The van der Waals surface area contributed by atoms with Crippen molar-refractivity contribution in [3.8, 4) is 5.75 Å². The molecule has 196 valence electrons. The van der Waals surface area contributed by atoms with Crippen LogP contribution in [0.25, 0.3) is 10.8 Å². The van der Waals surface area contributed by atoms with Crippen LogP contribution in [-0.2, 0) is 6.61 Å². The average Bonchev–Trinajstić information content (AvgIpc) is 3.50. The predicted octanol–water partition coefficient (Wildman–Crippen LogP) is 9.13. The Labute approximate surface area is 233 Å². The first kappa shape index (κ1) is 24.3. The van der Waals surface area contributed by atoms with Gasteiger partial charge in [-0.15, -0.1) is 0 Å². The zero-order chi connectivity index (χ0) is 26.9. The first-order valence-corrected chi connectivity index (χ1v) is 13.8. The van der Waals surface area contributed by atoms with E-state index in [0.717, 1.165) is 34.0 Å². The summed E-state index contributed by atoms with van der Waals surface area (Å²) in [5.74, 6) is 1.42. The summed E-state index contributed by atoms with van der Waals surface area (Å²) in [7, 11) is 0. The fourth-order valence-electron chi connectivity index (χ4n) is 6.10. The molecule has 0 saturated carbocycles. The van der Waals surface area contributed by atoms with E-state index in [-0.39, 0.29) is 18.5 Å². The van der Waals surface area contributed by atoms with Gasteiger partial charge in [0.15, 0.2) is 0 Å². The van der Waals surface area contributed by atoms with Gasteiger partial charge in [-0.1, -0.05) is 84.9 Å². The molecule has 0 radical (unpaired) electrons. The van der Waals surface area contributed by atoms with E-state index in [9.17, 15) is 4.39 Å². The molecule has 1 aliphatic carbocycles. The number of nitrogens with one attached hydrogen (secondary N) is 1. The van der Waals surface area contributed by atoms with Gasteiger partial charge in [0.2, 0.25) is 0 Å². The molecular weight excluding hydrogens is 495 g/mol. The molecule has 0 fully saturated rings. The van der Waals surface area contributed by atoms with E-state index in [1.807, 2.05) is 36.5 Å². The lowest BCUT2D eigenvalue weighted by Crippen LogP contribution is -2.28. The summed E-state index contributed by atoms with van der Waals surface area (Å²) in [6, 6.07) is 36.2. The number of hydrogen-bond acceptors (Lipinski definition) is 3. The third kappa shape index (κ3) is 4.66. The lowest BCUT2D eigenvalue weighted by Gasteiger charge is -2.37. The molecule has 5 aromatic carbocycles. The molecule has 1 aliphatic heterocycles. The maximum Gasteiger partial charge on any atom is 0.129 e. The molecule has 2 aliphatic rings. The molecule has 0 amide bonds. The number of fused-ring (bicyclic) bond motifs is 4. The number of anilines is 1. The predicted molar refractivity (Wildman–Crippen MR) is 161 cm³/mol. The standard InChI is InChI=1S/C36H29FN2O/c37-27-9-5-7-24(21-27)23-40-35-20-17-25-8-1-2-10-29(25)33(35)22-38-28-18-15-26(16-19-28)36-32-13-6-12-30(32)31-11-3-4-14-34(31)39-36/h1-12,14-22,30,32,36,39H,13,23H2/t30-,32-,36+/m1/s1. The Hall–Kier alpha value is -4.70. The van der Waals surface area contributed by atoms with E-state index in [1.54, 1.807) is 6.07 Å². The van der Waals surface area contributed by atoms with Crippen LogP contribution < -0.4 is 10.1 Å². The number of halogens is 1. The van der Waals surface area contributed by atoms with E-state index in [2.05, 4.69) is 78.1 Å². The molecule has 0 unspecified atom stereocenters. The topological polar surface area (TPSA) is 33.6 Å². The summed E-state index contributed by atoms with van der Waals surface area (Å²) in [6.45, 7) is 0.278. The minimum atomic E-state index is -0.266. The molecule has 0 spiro atoms. The second-order valence-corrected chi connectivity index (χ2v) is 10.5. The third-order valence-electron chi connectivity index (χ3n) is 8.08. The van der Waals surface area contributed by atoms with Crippen molar-refractivity contribution >= 4 is 28.4 Å². The van der Waals surface area contributed by atoms with Crippen LogP contribution in [0.5, 0.6) is 5.75 Å². The summed E-state index contributed by atoms with van der Waals surface area (Å²) >= 11 is 0. The zero-order valence-corrected chi connectivity index (χ0v) is 22.0. The molecule has 7 rings (SSSR count). The molecule has 3 atom stereocenters. The van der Waals surface area contributed by atoms with Crippen molar-refractivity contribution in [1.29, 1.82) is 0 Å². The Morgan fingerprint density at radius 2 is 1.73 bits per heavy atom. The fraction of sp³-hybridized carbons (Fsp3) is 0.139. The largest absolute Gasteiger partial charge is 0.488 e. The smallest absolute Gasteiger partial charge is 0.129 e. The number of aliphatic imine (C=N–C) groups is 1. The van der Waals surface area contributed by atoms with Crippen molar-refractivity contribution in [2.45, 2.75) is 25.0 Å². The monoisotopic (exact) mass is 524 g/mol. The highest BCUT2D eigenvalue weighted by atomic mass is 19.1. The molecule has 1 heterocycles. The highest BCUT2D eigenvalue weighted by molar-refractivity contribution is 6.03. The number of allylic oxidation sites excluding steroid dienone is 2. The maximum atomic E-state index is 13.7. The first-order valence-electron chi connectivity index (χ1n) is 13.8. The molecule has 0 aromatic heterocycles. The van der Waals surface area contributed by atoms with Gasteiger partial charge < -0.3 is 10.1 Å². The highest BCUT2D eigenvalue weighted by Gasteiger charge is 2.37. The number of para-hydroxylation sites is 1. The Bertz CT molecular complexity index is 1740. The molecule has 4 heteroatoms. The minimum absolute atomic E-state index is 0.258. The van der Waals surface area contributed by atoms with Gasteiger partial charge in [0.25, 0.3) is 0 Å². The van der Waals surface area contributed by atoms with Crippen LogP contribution in [0.4, 0.5) is 15.8 Å². The third-order valence-corrected chi connectivity index (χ3v) is 8.08. The molecular formula is C36H29FN2O. The van der Waals surface area contributed by atoms with Gasteiger partial charge in [-0.2, -0.15) is 0 Å². The summed E-state index contributed by atoms with van der Waals surface area (Å²) in [5, 5.41) is 5.97. The summed E-state index contributed by atoms with van der Waals surface area (Å²) < 4.78 is 19.9. The van der Waals surface area contributed by atoms with Gasteiger partial charge >= 0.3 is 0 Å². The second kappa shape index (κ2) is 10.5. The number of ether oxygens (including phenoxy) is 1. The van der Waals surface area contributed by atoms with Crippen molar-refractivity contribution in [3.63, 3.8) is 0 Å². The zero-order valence-electron chi connectivity index (χ0n) is 22.0. The Kier molecular flexibility index (Phi) is 6.37. The van der Waals surface area contributed by atoms with Crippen LogP contribution in [0.3, 0.4) is 0 Å². The van der Waals surface area contributed by atoms with Crippen molar-refractivity contribution in [3.05, 3.63) is 149 Å². The lowest BCUT2D eigenvalue weighted by molar-refractivity contribution is 0.305. The van der Waals surface area contributed by atoms with E-state index in [4.69, 9.17) is 9.73 Å². The Morgan fingerprint density at radius 3 is 2.62 bits per heavy atom. The molecule has 5 aromatic rings. The summed E-state index contributed by atoms with van der Waals surface area (Å²) in [4.78, 5) is 4.85. The molecule has 1 N–H and O–H groups in total. The van der Waals surface area contributed by atoms with Crippen LogP contribution in [0.15, 0.2) is 126 Å². The number of benzene rings is 5. The van der Waals surface area contributed by atoms with E-state index >= 15 is 0 Å². The van der Waals surface area contributed by atoms with E-state index in [0.29, 0.717) is 17.6 Å². The van der Waals surface area contributed by atoms with Gasteiger partial charge in [-0.05, 0) is 76.2 Å². The maximum absolute atomic E-state index is 13.7. The quantitative estimate of drug-likeness (QED) is 0.177. The second-order valence-electron chi connectivity index (χ2n) is 10.5. The van der Waals surface area contributed by atoms with Crippen molar-refractivity contribution in [2.75, 3.05) is 5.32 Å². The minimum Gasteiger partial charge on any atom is -0.488 e. The van der Waals surface area contributed by atoms with Crippen molar-refractivity contribution in [2.24, 2.45) is 10.9 Å². The van der Waals surface area contributed by atoms with Gasteiger partial charge in [-0.25, -0.2) is 4.39 Å². The molecule has 40 heavy (non-hydrogen) atoms. The van der Waals surface area contributed by atoms with Crippen molar-refractivity contribution < 1.29 is 9.13 Å². The van der Waals surface area contributed by atoms with Crippen LogP contribution >= 0.6 is 0 Å². The molecule has 3 nitrogen and oxygen atoms in total. The number of hydrogen-bond donors (Lipinski definition) is 1. The Morgan fingerprint density at radius 1 is 0.875 bits per heavy atom. The summed E-state index contributed by atoms with van der Waals surface area (Å²) in [6.07, 6.45) is 7.65.